The van der Waals surface area contributed by atoms with Gasteiger partial charge in [0.2, 0.25) is 0 Å². The molecule has 0 amide bonds. The second-order valence-electron chi connectivity index (χ2n) is 7.47. The smallest absolute Gasteiger partial charge is 0.0613 e. The Morgan fingerprint density at radius 1 is 1.35 bits per heavy atom. The average Bonchev–Trinajstić information content (AvgIpc) is 2.36. The Morgan fingerprint density at radius 3 is 2.65 bits per heavy atom. The first-order valence-corrected chi connectivity index (χ1v) is 7.62. The number of aromatic nitrogens is 1. The van der Waals surface area contributed by atoms with Crippen LogP contribution in [0.4, 0.5) is 0 Å². The molecule has 0 aromatic carbocycles. The molecule has 2 rings (SSSR count). The number of nitrogens with one attached hydrogen (secondary N) is 1. The molecule has 1 saturated carbocycles. The maximum absolute atomic E-state index is 9.93. The largest absolute Gasteiger partial charge is 0.394 e. The summed E-state index contributed by atoms with van der Waals surface area (Å²) in [5, 5.41) is 13.5. The number of nitrogens with zero attached hydrogens (tertiary/aromatic N) is 1. The van der Waals surface area contributed by atoms with Crippen molar-refractivity contribution in [1.29, 1.82) is 0 Å². The first kappa shape index (κ1) is 15.5. The molecule has 0 saturated heterocycles. The van der Waals surface area contributed by atoms with Crippen LogP contribution < -0.4 is 5.32 Å². The summed E-state index contributed by atoms with van der Waals surface area (Å²) in [6.07, 6.45) is 5.20. The standard InChI is InChI=1S/C17H28N2O/c1-13-5-6-15(18-9-13)10-19-17(12-20)8-14(2)7-16(3,4)11-17/h5-6,9,14,19-20H,7-8,10-12H2,1-4H3. The van der Waals surface area contributed by atoms with Gasteiger partial charge in [0.05, 0.1) is 12.3 Å². The van der Waals surface area contributed by atoms with Gasteiger partial charge < -0.3 is 10.4 Å². The fourth-order valence-electron chi connectivity index (χ4n) is 3.93. The Kier molecular flexibility index (Phi) is 4.50. The van der Waals surface area contributed by atoms with Crippen molar-refractivity contribution < 1.29 is 5.11 Å². The number of aryl methyl sites for hydroxylation is 1. The van der Waals surface area contributed by atoms with Crippen LogP contribution in [0, 0.1) is 18.3 Å². The van der Waals surface area contributed by atoms with Crippen LogP contribution in [-0.2, 0) is 6.54 Å². The molecule has 0 spiro atoms. The molecule has 1 aromatic rings. The lowest BCUT2D eigenvalue weighted by atomic mass is 9.64. The Bertz CT molecular complexity index is 441. The van der Waals surface area contributed by atoms with Crippen LogP contribution in [-0.4, -0.2) is 22.2 Å². The Labute approximate surface area is 122 Å². The molecule has 1 aliphatic rings. The molecule has 2 atom stereocenters. The number of aliphatic hydroxyl groups excluding tert-OH is 1. The van der Waals surface area contributed by atoms with Crippen molar-refractivity contribution in [2.75, 3.05) is 6.61 Å². The minimum absolute atomic E-state index is 0.159. The average molecular weight is 276 g/mol. The Balaban J connectivity index is 2.05. The molecule has 1 heterocycles. The van der Waals surface area contributed by atoms with E-state index in [0.717, 1.165) is 25.1 Å². The molecule has 1 aliphatic carbocycles. The zero-order chi connectivity index (χ0) is 14.8. The topological polar surface area (TPSA) is 45.1 Å². The van der Waals surface area contributed by atoms with E-state index < -0.39 is 0 Å². The van der Waals surface area contributed by atoms with Crippen LogP contribution in [0.15, 0.2) is 18.3 Å². The molecule has 1 aromatic heterocycles. The molecule has 0 radical (unpaired) electrons. The van der Waals surface area contributed by atoms with E-state index in [1.54, 1.807) is 0 Å². The van der Waals surface area contributed by atoms with Crippen molar-refractivity contribution in [3.63, 3.8) is 0 Å². The van der Waals surface area contributed by atoms with Crippen molar-refractivity contribution in [3.8, 4) is 0 Å². The zero-order valence-electron chi connectivity index (χ0n) is 13.2. The number of hydrogen-bond acceptors (Lipinski definition) is 3. The quantitative estimate of drug-likeness (QED) is 0.888. The minimum Gasteiger partial charge on any atom is -0.394 e. The fraction of sp³-hybridized carbons (Fsp3) is 0.706. The van der Waals surface area contributed by atoms with Gasteiger partial charge in [-0.15, -0.1) is 0 Å². The molecule has 2 unspecified atom stereocenters. The van der Waals surface area contributed by atoms with Crippen LogP contribution in [0.5, 0.6) is 0 Å². The van der Waals surface area contributed by atoms with Gasteiger partial charge in [0.1, 0.15) is 0 Å². The normalized spacial score (nSPS) is 29.4. The molecular formula is C17H28N2O. The maximum Gasteiger partial charge on any atom is 0.0613 e. The van der Waals surface area contributed by atoms with Crippen LogP contribution >= 0.6 is 0 Å². The van der Waals surface area contributed by atoms with E-state index >= 15 is 0 Å². The van der Waals surface area contributed by atoms with Gasteiger partial charge >= 0.3 is 0 Å². The second kappa shape index (κ2) is 5.82. The highest BCUT2D eigenvalue weighted by Crippen LogP contribution is 2.43. The maximum atomic E-state index is 9.93. The summed E-state index contributed by atoms with van der Waals surface area (Å²) in [5.41, 5.74) is 2.35. The van der Waals surface area contributed by atoms with Gasteiger partial charge in [0, 0.05) is 18.3 Å². The van der Waals surface area contributed by atoms with Crippen molar-refractivity contribution in [1.82, 2.24) is 10.3 Å². The van der Waals surface area contributed by atoms with E-state index in [1.165, 1.54) is 12.0 Å². The summed E-state index contributed by atoms with van der Waals surface area (Å²) in [4.78, 5) is 4.44. The van der Waals surface area contributed by atoms with Crippen molar-refractivity contribution in [3.05, 3.63) is 29.6 Å². The number of rotatable bonds is 4. The molecule has 0 bridgehead atoms. The van der Waals surface area contributed by atoms with Gasteiger partial charge in [-0.1, -0.05) is 26.8 Å². The lowest BCUT2D eigenvalue weighted by molar-refractivity contribution is 0.0350. The number of aliphatic hydroxyl groups is 1. The van der Waals surface area contributed by atoms with E-state index in [1.807, 2.05) is 13.1 Å². The number of hydrogen-bond donors (Lipinski definition) is 2. The summed E-state index contributed by atoms with van der Waals surface area (Å²) >= 11 is 0. The lowest BCUT2D eigenvalue weighted by Crippen LogP contribution is -2.54. The lowest BCUT2D eigenvalue weighted by Gasteiger charge is -2.47. The van der Waals surface area contributed by atoms with Crippen LogP contribution in [0.2, 0.25) is 0 Å². The van der Waals surface area contributed by atoms with Crippen LogP contribution in [0.3, 0.4) is 0 Å². The van der Waals surface area contributed by atoms with Gasteiger partial charge in [-0.05, 0) is 49.1 Å². The van der Waals surface area contributed by atoms with Crippen molar-refractivity contribution >= 4 is 0 Å². The first-order chi connectivity index (χ1) is 9.34. The van der Waals surface area contributed by atoms with Crippen molar-refractivity contribution in [2.24, 2.45) is 11.3 Å². The summed E-state index contributed by atoms with van der Waals surface area (Å²) in [5.74, 6) is 0.643. The van der Waals surface area contributed by atoms with E-state index in [9.17, 15) is 5.11 Å². The highest BCUT2D eigenvalue weighted by Gasteiger charge is 2.42. The summed E-state index contributed by atoms with van der Waals surface area (Å²) < 4.78 is 0. The van der Waals surface area contributed by atoms with Crippen molar-refractivity contribution in [2.45, 2.75) is 59.0 Å². The monoisotopic (exact) mass is 276 g/mol. The molecule has 3 nitrogen and oxygen atoms in total. The van der Waals surface area contributed by atoms with E-state index in [2.05, 4.69) is 43.2 Å². The molecule has 20 heavy (non-hydrogen) atoms. The van der Waals surface area contributed by atoms with Gasteiger partial charge in [-0.25, -0.2) is 0 Å². The van der Waals surface area contributed by atoms with Gasteiger partial charge in [-0.2, -0.15) is 0 Å². The molecule has 3 heteroatoms. The summed E-state index contributed by atoms with van der Waals surface area (Å²) in [6.45, 7) is 9.87. The molecule has 1 fully saturated rings. The predicted octanol–water partition coefficient (Wildman–Crippen LogP) is 3.06. The van der Waals surface area contributed by atoms with E-state index in [0.29, 0.717) is 5.92 Å². The van der Waals surface area contributed by atoms with E-state index in [4.69, 9.17) is 0 Å². The molecule has 2 N–H and O–H groups in total. The predicted molar refractivity (Wildman–Crippen MR) is 82.4 cm³/mol. The van der Waals surface area contributed by atoms with Gasteiger partial charge in [0.25, 0.3) is 0 Å². The summed E-state index contributed by atoms with van der Waals surface area (Å²) in [6, 6.07) is 4.15. The Hall–Kier alpha value is -0.930. The Morgan fingerprint density at radius 2 is 2.10 bits per heavy atom. The highest BCUT2D eigenvalue weighted by molar-refractivity contribution is 5.12. The van der Waals surface area contributed by atoms with Crippen LogP contribution in [0.1, 0.15) is 51.3 Å². The third-order valence-electron chi connectivity index (χ3n) is 4.38. The highest BCUT2D eigenvalue weighted by atomic mass is 16.3. The minimum atomic E-state index is -0.159. The van der Waals surface area contributed by atoms with Gasteiger partial charge in [-0.3, -0.25) is 4.98 Å². The van der Waals surface area contributed by atoms with Gasteiger partial charge in [0.15, 0.2) is 0 Å². The first-order valence-electron chi connectivity index (χ1n) is 7.62. The third-order valence-corrected chi connectivity index (χ3v) is 4.38. The number of pyridine rings is 1. The zero-order valence-corrected chi connectivity index (χ0v) is 13.2. The molecule has 112 valence electrons. The molecular weight excluding hydrogens is 248 g/mol. The third kappa shape index (κ3) is 3.80. The van der Waals surface area contributed by atoms with E-state index in [-0.39, 0.29) is 17.6 Å². The molecule has 0 aliphatic heterocycles. The summed E-state index contributed by atoms with van der Waals surface area (Å²) in [7, 11) is 0. The second-order valence-corrected chi connectivity index (χ2v) is 7.47. The van der Waals surface area contributed by atoms with Crippen LogP contribution in [0.25, 0.3) is 0 Å². The fourth-order valence-corrected chi connectivity index (χ4v) is 3.93. The SMILES string of the molecule is Cc1ccc(CNC2(CO)CC(C)CC(C)(C)C2)nc1.